The lowest BCUT2D eigenvalue weighted by Gasteiger charge is -2.15. The number of hydrogen-bond acceptors (Lipinski definition) is 6. The summed E-state index contributed by atoms with van der Waals surface area (Å²) in [6, 6.07) is 7.19. The van der Waals surface area contributed by atoms with Gasteiger partial charge in [0.15, 0.2) is 11.5 Å². The number of aromatic hydroxyl groups is 1. The molecule has 1 heterocycles. The number of nitrogens with zero attached hydrogens (tertiary/aromatic N) is 2. The Labute approximate surface area is 140 Å². The van der Waals surface area contributed by atoms with E-state index in [1.807, 2.05) is 32.0 Å². The minimum atomic E-state index is 0.237. The number of anilines is 2. The van der Waals surface area contributed by atoms with Crippen LogP contribution in [0.4, 0.5) is 11.5 Å². The maximum absolute atomic E-state index is 9.96. The van der Waals surface area contributed by atoms with E-state index >= 15 is 0 Å². The van der Waals surface area contributed by atoms with Crippen LogP contribution < -0.4 is 14.8 Å². The zero-order valence-corrected chi connectivity index (χ0v) is 14.0. The zero-order chi connectivity index (χ0) is 17.3. The molecule has 1 aromatic heterocycles. The van der Waals surface area contributed by atoms with Crippen LogP contribution in [0.25, 0.3) is 10.9 Å². The van der Waals surface area contributed by atoms with Crippen LogP contribution in [0.5, 0.6) is 17.2 Å². The fourth-order valence-electron chi connectivity index (χ4n) is 2.63. The molecule has 0 saturated carbocycles. The van der Waals surface area contributed by atoms with Crippen LogP contribution in [0.3, 0.4) is 0 Å². The van der Waals surface area contributed by atoms with Crippen LogP contribution >= 0.6 is 0 Å². The maximum atomic E-state index is 9.96. The molecule has 3 aromatic rings. The Morgan fingerprint density at radius 3 is 2.42 bits per heavy atom. The van der Waals surface area contributed by atoms with Gasteiger partial charge in [0.2, 0.25) is 0 Å². The maximum Gasteiger partial charge on any atom is 0.162 e. The molecule has 24 heavy (non-hydrogen) atoms. The molecule has 124 valence electrons. The second-order valence-electron chi connectivity index (χ2n) is 5.47. The van der Waals surface area contributed by atoms with Gasteiger partial charge in [-0.15, -0.1) is 0 Å². The normalized spacial score (nSPS) is 10.7. The van der Waals surface area contributed by atoms with E-state index in [1.54, 1.807) is 20.3 Å². The van der Waals surface area contributed by atoms with E-state index < -0.39 is 0 Å². The molecule has 0 amide bonds. The SMILES string of the molecule is COc1cc2ncnc(Nc3c(C)ccc(O)c3C)c2cc1OC. The second-order valence-corrected chi connectivity index (χ2v) is 5.47. The topological polar surface area (TPSA) is 76.5 Å². The van der Waals surface area contributed by atoms with Gasteiger partial charge in [0.05, 0.1) is 19.7 Å². The number of hydrogen-bond donors (Lipinski definition) is 2. The van der Waals surface area contributed by atoms with E-state index in [4.69, 9.17) is 9.47 Å². The number of phenols is 1. The third-order valence-electron chi connectivity index (χ3n) is 4.03. The van der Waals surface area contributed by atoms with Gasteiger partial charge in [-0.25, -0.2) is 9.97 Å². The van der Waals surface area contributed by atoms with Crippen LogP contribution in [0.2, 0.25) is 0 Å². The molecule has 0 bridgehead atoms. The van der Waals surface area contributed by atoms with E-state index in [2.05, 4.69) is 15.3 Å². The summed E-state index contributed by atoms with van der Waals surface area (Å²) in [7, 11) is 3.17. The lowest BCUT2D eigenvalue weighted by Crippen LogP contribution is -2.01. The van der Waals surface area contributed by atoms with Gasteiger partial charge >= 0.3 is 0 Å². The summed E-state index contributed by atoms with van der Waals surface area (Å²) in [4.78, 5) is 8.64. The number of rotatable bonds is 4. The van der Waals surface area contributed by atoms with E-state index in [9.17, 15) is 5.11 Å². The summed E-state index contributed by atoms with van der Waals surface area (Å²) >= 11 is 0. The van der Waals surface area contributed by atoms with Gasteiger partial charge in [-0.2, -0.15) is 0 Å². The first-order valence-electron chi connectivity index (χ1n) is 7.48. The predicted molar refractivity (Wildman–Crippen MR) is 93.5 cm³/mol. The third-order valence-corrected chi connectivity index (χ3v) is 4.03. The van der Waals surface area contributed by atoms with E-state index in [-0.39, 0.29) is 5.75 Å². The summed E-state index contributed by atoms with van der Waals surface area (Å²) in [5, 5.41) is 14.1. The van der Waals surface area contributed by atoms with Gasteiger partial charge in [0.1, 0.15) is 17.9 Å². The number of methoxy groups -OCH3 is 2. The minimum Gasteiger partial charge on any atom is -0.508 e. The first-order chi connectivity index (χ1) is 11.5. The lowest BCUT2D eigenvalue weighted by atomic mass is 10.1. The summed E-state index contributed by atoms with van der Waals surface area (Å²) in [6.07, 6.45) is 1.49. The third kappa shape index (κ3) is 2.67. The van der Waals surface area contributed by atoms with Crippen molar-refractivity contribution < 1.29 is 14.6 Å². The Morgan fingerprint density at radius 1 is 1.00 bits per heavy atom. The molecule has 0 atom stereocenters. The molecule has 0 aliphatic rings. The van der Waals surface area contributed by atoms with Crippen LogP contribution in [0.1, 0.15) is 11.1 Å². The highest BCUT2D eigenvalue weighted by atomic mass is 16.5. The first kappa shape index (κ1) is 15.9. The number of phenolic OH excluding ortho intramolecular Hbond substituents is 1. The van der Waals surface area contributed by atoms with Crippen molar-refractivity contribution in [2.45, 2.75) is 13.8 Å². The summed E-state index contributed by atoms with van der Waals surface area (Å²) in [5.74, 6) is 2.09. The highest BCUT2D eigenvalue weighted by Gasteiger charge is 2.13. The minimum absolute atomic E-state index is 0.237. The Kier molecular flexibility index (Phi) is 4.12. The van der Waals surface area contributed by atoms with Crippen molar-refractivity contribution in [3.63, 3.8) is 0 Å². The fourth-order valence-corrected chi connectivity index (χ4v) is 2.63. The Bertz CT molecular complexity index is 910. The highest BCUT2D eigenvalue weighted by Crippen LogP contribution is 2.36. The molecule has 0 saturated heterocycles. The number of aryl methyl sites for hydroxylation is 1. The van der Waals surface area contributed by atoms with Crippen LogP contribution in [-0.4, -0.2) is 29.3 Å². The monoisotopic (exact) mass is 325 g/mol. The Morgan fingerprint density at radius 2 is 1.71 bits per heavy atom. The van der Waals surface area contributed by atoms with Crippen molar-refractivity contribution in [2.75, 3.05) is 19.5 Å². The lowest BCUT2D eigenvalue weighted by molar-refractivity contribution is 0.356. The van der Waals surface area contributed by atoms with Crippen molar-refractivity contribution in [1.82, 2.24) is 9.97 Å². The van der Waals surface area contributed by atoms with Gasteiger partial charge in [0, 0.05) is 22.7 Å². The molecule has 6 nitrogen and oxygen atoms in total. The molecule has 0 radical (unpaired) electrons. The fraction of sp³-hybridized carbons (Fsp3) is 0.222. The van der Waals surface area contributed by atoms with E-state index in [0.717, 1.165) is 27.7 Å². The molecule has 6 heteroatoms. The van der Waals surface area contributed by atoms with Gasteiger partial charge < -0.3 is 19.9 Å². The van der Waals surface area contributed by atoms with E-state index in [1.165, 1.54) is 6.33 Å². The van der Waals surface area contributed by atoms with Gasteiger partial charge in [-0.1, -0.05) is 6.07 Å². The summed E-state index contributed by atoms with van der Waals surface area (Å²) in [5.41, 5.74) is 3.34. The molecule has 2 N–H and O–H groups in total. The standard InChI is InChI=1S/C18H19N3O3/c1-10-5-6-14(22)11(2)17(10)21-18-12-7-15(23-3)16(24-4)8-13(12)19-9-20-18/h5-9,22H,1-4H3,(H,19,20,21). The quantitative estimate of drug-likeness (QED) is 0.761. The average Bonchev–Trinajstić information content (AvgIpc) is 2.60. The number of nitrogens with one attached hydrogen (secondary N) is 1. The molecule has 0 spiro atoms. The molecule has 0 aliphatic carbocycles. The van der Waals surface area contributed by atoms with Crippen molar-refractivity contribution in [1.29, 1.82) is 0 Å². The van der Waals surface area contributed by atoms with Crippen LogP contribution in [-0.2, 0) is 0 Å². The van der Waals surface area contributed by atoms with Gasteiger partial charge in [0.25, 0.3) is 0 Å². The number of benzene rings is 2. The zero-order valence-electron chi connectivity index (χ0n) is 14.0. The highest BCUT2D eigenvalue weighted by molar-refractivity contribution is 5.93. The molecule has 0 unspecified atom stereocenters. The number of ether oxygens (including phenoxy) is 2. The molecular formula is C18H19N3O3. The Hall–Kier alpha value is -3.02. The largest absolute Gasteiger partial charge is 0.508 e. The average molecular weight is 325 g/mol. The second kappa shape index (κ2) is 6.23. The number of aromatic nitrogens is 2. The Balaban J connectivity index is 2.16. The van der Waals surface area contributed by atoms with E-state index in [0.29, 0.717) is 17.3 Å². The van der Waals surface area contributed by atoms with Gasteiger partial charge in [-0.05, 0) is 31.5 Å². The molecule has 3 rings (SSSR count). The summed E-state index contributed by atoms with van der Waals surface area (Å²) < 4.78 is 10.7. The van der Waals surface area contributed by atoms with Crippen molar-refractivity contribution >= 4 is 22.4 Å². The first-order valence-corrected chi connectivity index (χ1v) is 7.48. The molecule has 0 aliphatic heterocycles. The molecule has 2 aromatic carbocycles. The molecular weight excluding hydrogens is 306 g/mol. The van der Waals surface area contributed by atoms with Crippen molar-refractivity contribution in [3.8, 4) is 17.2 Å². The van der Waals surface area contributed by atoms with Crippen LogP contribution in [0.15, 0.2) is 30.6 Å². The number of fused-ring (bicyclic) bond motifs is 1. The molecule has 0 fully saturated rings. The van der Waals surface area contributed by atoms with Crippen LogP contribution in [0, 0.1) is 13.8 Å². The summed E-state index contributed by atoms with van der Waals surface area (Å²) in [6.45, 7) is 3.83. The van der Waals surface area contributed by atoms with Crippen molar-refractivity contribution in [3.05, 3.63) is 41.7 Å². The van der Waals surface area contributed by atoms with Crippen molar-refractivity contribution in [2.24, 2.45) is 0 Å². The smallest absolute Gasteiger partial charge is 0.162 e. The predicted octanol–water partition coefficient (Wildman–Crippen LogP) is 3.71. The van der Waals surface area contributed by atoms with Gasteiger partial charge in [-0.3, -0.25) is 0 Å².